The third-order valence-electron chi connectivity index (χ3n) is 12.7. The molecule has 0 aromatic carbocycles. The highest BCUT2D eigenvalue weighted by Crippen LogP contribution is 2.43. The van der Waals surface area contributed by atoms with Gasteiger partial charge in [0.05, 0.1) is 19.8 Å². The summed E-state index contributed by atoms with van der Waals surface area (Å²) >= 11 is 0. The molecule has 78 heavy (non-hydrogen) atoms. The first-order chi connectivity index (χ1) is 38.2. The van der Waals surface area contributed by atoms with Crippen LogP contribution in [0.15, 0.2) is 109 Å². The number of phosphoric acid groups is 1. The maximum absolute atomic E-state index is 12.9. The maximum atomic E-state index is 12.9. The van der Waals surface area contributed by atoms with Crippen molar-refractivity contribution in [3.8, 4) is 0 Å². The maximum Gasteiger partial charge on any atom is 0.472 e. The highest BCUT2D eigenvalue weighted by atomic mass is 31.2. The van der Waals surface area contributed by atoms with E-state index in [0.29, 0.717) is 19.3 Å². The normalized spacial score (nSPS) is 14.1. The van der Waals surface area contributed by atoms with E-state index in [1.165, 1.54) is 51.4 Å². The molecule has 0 bridgehead atoms. The molecule has 0 rings (SSSR count). The third-order valence-corrected chi connectivity index (χ3v) is 13.6. The fraction of sp³-hybridized carbons (Fsp3) is 0.682. The largest absolute Gasteiger partial charge is 0.472 e. The summed E-state index contributed by atoms with van der Waals surface area (Å²) in [5, 5.41) is 9.84. The molecule has 3 unspecified atom stereocenters. The number of hydrogen-bond donors (Lipinski definition) is 2. The van der Waals surface area contributed by atoms with Gasteiger partial charge in [0.2, 0.25) is 0 Å². The van der Waals surface area contributed by atoms with Crippen molar-refractivity contribution in [2.75, 3.05) is 26.4 Å². The van der Waals surface area contributed by atoms with E-state index in [1.807, 2.05) is 0 Å². The van der Waals surface area contributed by atoms with Gasteiger partial charge in [-0.2, -0.15) is 0 Å². The van der Waals surface area contributed by atoms with E-state index in [2.05, 4.69) is 130 Å². The van der Waals surface area contributed by atoms with Crippen molar-refractivity contribution in [1.82, 2.24) is 0 Å². The van der Waals surface area contributed by atoms with Crippen molar-refractivity contribution in [2.24, 2.45) is 0 Å². The van der Waals surface area contributed by atoms with Crippen molar-refractivity contribution < 1.29 is 52.2 Å². The first kappa shape index (κ1) is 74.1. The highest BCUT2D eigenvalue weighted by molar-refractivity contribution is 7.47. The molecule has 0 radical (unpaired) electrons. The van der Waals surface area contributed by atoms with Gasteiger partial charge in [-0.3, -0.25) is 23.4 Å². The van der Waals surface area contributed by atoms with Crippen LogP contribution in [-0.4, -0.2) is 66.5 Å². The van der Waals surface area contributed by atoms with Crippen LogP contribution < -0.4 is 0 Å². The molecule has 0 aliphatic heterocycles. The van der Waals surface area contributed by atoms with Gasteiger partial charge in [0.15, 0.2) is 6.10 Å². The van der Waals surface area contributed by atoms with Gasteiger partial charge in [0.1, 0.15) is 12.7 Å². The van der Waals surface area contributed by atoms with Gasteiger partial charge in [-0.15, -0.1) is 0 Å². The summed E-state index contributed by atoms with van der Waals surface area (Å²) in [6.45, 7) is 4.36. The predicted octanol–water partition coefficient (Wildman–Crippen LogP) is 18.6. The van der Waals surface area contributed by atoms with Gasteiger partial charge in [-0.25, -0.2) is 4.57 Å². The van der Waals surface area contributed by atoms with Gasteiger partial charge >= 0.3 is 25.7 Å². The van der Waals surface area contributed by atoms with Crippen LogP contribution in [0, 0.1) is 0 Å². The number of hydrogen-bond acceptors (Lipinski definition) is 10. The van der Waals surface area contributed by atoms with Crippen LogP contribution in [0.2, 0.25) is 0 Å². The van der Waals surface area contributed by atoms with Crippen LogP contribution >= 0.6 is 7.82 Å². The number of phosphoric ester groups is 1. The Morgan fingerprint density at radius 1 is 0.372 bits per heavy atom. The monoisotopic (exact) mass is 1110 g/mol. The van der Waals surface area contributed by atoms with Crippen molar-refractivity contribution in [3.05, 3.63) is 109 Å². The number of esters is 3. The van der Waals surface area contributed by atoms with E-state index in [9.17, 15) is 28.9 Å². The summed E-state index contributed by atoms with van der Waals surface area (Å²) in [4.78, 5) is 48.7. The van der Waals surface area contributed by atoms with Crippen molar-refractivity contribution in [2.45, 2.75) is 264 Å². The Bertz CT molecular complexity index is 1720. The van der Waals surface area contributed by atoms with E-state index in [4.69, 9.17) is 23.3 Å². The Morgan fingerprint density at radius 3 is 1.03 bits per heavy atom. The number of aliphatic hydroxyl groups is 1. The lowest BCUT2D eigenvalue weighted by Gasteiger charge is -2.21. The summed E-state index contributed by atoms with van der Waals surface area (Å²) in [5.74, 6) is -1.52. The molecule has 2 N–H and O–H groups in total. The number of carbonyl (C=O) groups is 3. The van der Waals surface area contributed by atoms with Gasteiger partial charge in [-0.1, -0.05) is 220 Å². The number of unbranched alkanes of at least 4 members (excludes halogenated alkanes) is 21. The zero-order valence-electron chi connectivity index (χ0n) is 49.3. The Labute approximate surface area is 475 Å². The van der Waals surface area contributed by atoms with E-state index < -0.39 is 57.8 Å². The van der Waals surface area contributed by atoms with Crippen molar-refractivity contribution in [3.63, 3.8) is 0 Å². The summed E-state index contributed by atoms with van der Waals surface area (Å²) in [6.07, 6.45) is 71.8. The Morgan fingerprint density at radius 2 is 0.667 bits per heavy atom. The number of rotatable bonds is 56. The Hall–Kier alpha value is -3.86. The lowest BCUT2D eigenvalue weighted by atomic mass is 10.1. The van der Waals surface area contributed by atoms with Crippen LogP contribution in [0.5, 0.6) is 0 Å². The smallest absolute Gasteiger partial charge is 0.462 e. The van der Waals surface area contributed by atoms with Crippen LogP contribution in [0.4, 0.5) is 0 Å². The summed E-state index contributed by atoms with van der Waals surface area (Å²) in [7, 11) is -4.77. The molecule has 446 valence electrons. The Balaban J connectivity index is 4.77. The van der Waals surface area contributed by atoms with Gasteiger partial charge in [0.25, 0.3) is 0 Å². The summed E-state index contributed by atoms with van der Waals surface area (Å²) in [5.41, 5.74) is 0. The second-order valence-electron chi connectivity index (χ2n) is 20.1. The number of allylic oxidation sites excluding steroid dienone is 18. The predicted molar refractivity (Wildman–Crippen MR) is 325 cm³/mol. The van der Waals surface area contributed by atoms with E-state index in [0.717, 1.165) is 141 Å². The van der Waals surface area contributed by atoms with E-state index in [-0.39, 0.29) is 25.9 Å². The van der Waals surface area contributed by atoms with E-state index >= 15 is 0 Å². The minimum atomic E-state index is -4.77. The van der Waals surface area contributed by atoms with Crippen molar-refractivity contribution >= 4 is 25.7 Å². The molecule has 11 nitrogen and oxygen atoms in total. The molecule has 0 heterocycles. The molecule has 0 saturated heterocycles. The average molecular weight is 1110 g/mol. The summed E-state index contributed by atoms with van der Waals surface area (Å²) in [6, 6.07) is 0. The van der Waals surface area contributed by atoms with Gasteiger partial charge in [0, 0.05) is 19.3 Å². The minimum Gasteiger partial charge on any atom is -0.462 e. The molecular weight excluding hydrogens is 1000 g/mol. The van der Waals surface area contributed by atoms with Crippen LogP contribution in [-0.2, 0) is 42.2 Å². The minimum absolute atomic E-state index is 0.132. The molecule has 0 aliphatic carbocycles. The standard InChI is InChI=1S/C66H111O11P/c1-4-7-10-13-16-19-22-25-28-31-34-37-40-43-46-49-52-55-64(68)73-59-63(77-66(70)57-54-51-48-45-42-39-36-33-30-27-24-21-18-15-12-9-6-3)61-75-78(71,72)74-60-62(58-67)76-65(69)56-53-50-47-44-41-38-35-32-29-26-23-20-17-14-11-8-5-2/h7,9-10,12,16-21,25-30,36,39,62-63,67H,4-6,8,11,13-15,22-24,31-35,37-38,40-61H2,1-3H3,(H,71,72)/b10-7-,12-9-,19-16-,20-17-,21-18-,28-25-,29-26-,30-27-,39-36-. The zero-order valence-corrected chi connectivity index (χ0v) is 50.2. The molecule has 12 heteroatoms. The van der Waals surface area contributed by atoms with Gasteiger partial charge < -0.3 is 24.2 Å². The quantitative estimate of drug-likeness (QED) is 0.0197. The molecule has 0 aromatic rings. The van der Waals surface area contributed by atoms with Crippen LogP contribution in [0.3, 0.4) is 0 Å². The lowest BCUT2D eigenvalue weighted by Crippen LogP contribution is -2.30. The highest BCUT2D eigenvalue weighted by Gasteiger charge is 2.28. The number of carbonyl (C=O) groups excluding carboxylic acids is 3. The first-order valence-electron chi connectivity index (χ1n) is 30.8. The van der Waals surface area contributed by atoms with Crippen molar-refractivity contribution in [1.29, 1.82) is 0 Å². The van der Waals surface area contributed by atoms with Crippen LogP contribution in [0.1, 0.15) is 252 Å². The molecule has 0 fully saturated rings. The number of ether oxygens (including phenoxy) is 3. The SMILES string of the molecule is CC/C=C\C/C=C\C/C=C\C/C=C\CCCCCCC(=O)OC(COC(=O)CCCCCCCCC/C=C\C/C=C\C/C=C\CC)COP(=O)(O)OCC(CO)OC(=O)CCCCCCCCC/C=C\C/C=C\CCCCC. The fourth-order valence-corrected chi connectivity index (χ4v) is 8.82. The Kier molecular flexibility index (Phi) is 56.3. The molecule has 0 amide bonds. The molecule has 3 atom stereocenters. The molecule has 0 spiro atoms. The van der Waals surface area contributed by atoms with E-state index in [1.54, 1.807) is 0 Å². The summed E-state index contributed by atoms with van der Waals surface area (Å²) < 4.78 is 39.6. The molecule has 0 aromatic heterocycles. The lowest BCUT2D eigenvalue weighted by molar-refractivity contribution is -0.161. The fourth-order valence-electron chi connectivity index (χ4n) is 8.04. The molecule has 0 saturated carbocycles. The van der Waals surface area contributed by atoms with Crippen LogP contribution in [0.25, 0.3) is 0 Å². The topological polar surface area (TPSA) is 155 Å². The molecule has 0 aliphatic rings. The number of aliphatic hydroxyl groups excluding tert-OH is 1. The third kappa shape index (κ3) is 56.8. The second-order valence-corrected chi connectivity index (χ2v) is 21.6. The molecular formula is C66H111O11P. The second kappa shape index (κ2) is 59.3. The first-order valence-corrected chi connectivity index (χ1v) is 32.3. The zero-order chi connectivity index (χ0) is 56.9. The van der Waals surface area contributed by atoms with Gasteiger partial charge in [-0.05, 0) is 122 Å². The average Bonchev–Trinajstić information content (AvgIpc) is 3.43.